The average Bonchev–Trinajstić information content (AvgIpc) is 2.47. The Labute approximate surface area is 123 Å². The number of carbonyl (C=O) groups is 1. The molecule has 1 rings (SSSR count). The molecule has 0 bridgehead atoms. The molecule has 1 N–H and O–H groups in total. The monoisotopic (exact) mass is 273 g/mol. The van der Waals surface area contributed by atoms with E-state index in [0.717, 1.165) is 36.9 Å². The Morgan fingerprint density at radius 3 is 2.40 bits per heavy atom. The maximum Gasteiger partial charge on any atom is 0.251 e. The summed E-state index contributed by atoms with van der Waals surface area (Å²) in [5, 5.41) is 2.99. The van der Waals surface area contributed by atoms with Crippen molar-refractivity contribution in [2.75, 3.05) is 5.32 Å². The van der Waals surface area contributed by atoms with Crippen LogP contribution in [-0.2, 0) is 4.79 Å². The molecule has 1 amide bonds. The lowest BCUT2D eigenvalue weighted by Crippen LogP contribution is -2.14. The largest absolute Gasteiger partial charge is 0.322 e. The van der Waals surface area contributed by atoms with Crippen molar-refractivity contribution < 1.29 is 4.79 Å². The molecule has 2 nitrogen and oxygen atoms in total. The normalized spacial score (nSPS) is 11.4. The standard InChI is InChI=1S/C18H27NO/c1-3-5-8-12-16(13-9-6-4-2)18(20)19-17-14-10-7-11-15-17/h7,10-12,14-15H,3-6,8-9,13H2,1-2H3,(H,19,20)/b16-12+. The number of nitrogens with one attached hydrogen (secondary N) is 1. The van der Waals surface area contributed by atoms with Gasteiger partial charge in [-0.25, -0.2) is 0 Å². The first-order valence-electron chi connectivity index (χ1n) is 7.83. The Hall–Kier alpha value is -1.57. The van der Waals surface area contributed by atoms with Gasteiger partial charge in [0.05, 0.1) is 0 Å². The van der Waals surface area contributed by atoms with E-state index >= 15 is 0 Å². The summed E-state index contributed by atoms with van der Waals surface area (Å²) in [6, 6.07) is 9.68. The van der Waals surface area contributed by atoms with Crippen LogP contribution in [0.25, 0.3) is 0 Å². The molecule has 0 spiro atoms. The molecule has 0 atom stereocenters. The van der Waals surface area contributed by atoms with Crippen molar-refractivity contribution in [2.45, 2.75) is 58.8 Å². The number of amides is 1. The second-order valence-corrected chi connectivity index (χ2v) is 5.15. The van der Waals surface area contributed by atoms with Gasteiger partial charge in [0.15, 0.2) is 0 Å². The van der Waals surface area contributed by atoms with Gasteiger partial charge in [-0.3, -0.25) is 4.79 Å². The topological polar surface area (TPSA) is 29.1 Å². The fourth-order valence-electron chi connectivity index (χ4n) is 2.09. The minimum absolute atomic E-state index is 0.0587. The maximum atomic E-state index is 12.3. The van der Waals surface area contributed by atoms with Crippen molar-refractivity contribution in [3.8, 4) is 0 Å². The van der Waals surface area contributed by atoms with Crippen molar-refractivity contribution in [1.29, 1.82) is 0 Å². The van der Waals surface area contributed by atoms with Gasteiger partial charge >= 0.3 is 0 Å². The third-order valence-electron chi connectivity index (χ3n) is 3.32. The fraction of sp³-hybridized carbons (Fsp3) is 0.500. The van der Waals surface area contributed by atoms with Gasteiger partial charge in [-0.1, -0.05) is 63.8 Å². The summed E-state index contributed by atoms with van der Waals surface area (Å²) in [4.78, 5) is 12.3. The van der Waals surface area contributed by atoms with Crippen LogP contribution < -0.4 is 5.32 Å². The number of anilines is 1. The molecule has 1 aromatic rings. The zero-order valence-corrected chi connectivity index (χ0v) is 12.8. The lowest BCUT2D eigenvalue weighted by Gasteiger charge is -2.09. The summed E-state index contributed by atoms with van der Waals surface area (Å²) in [5.74, 6) is 0.0587. The molecule has 0 aromatic heterocycles. The maximum absolute atomic E-state index is 12.3. The molecule has 0 unspecified atom stereocenters. The van der Waals surface area contributed by atoms with Crippen LogP contribution in [0.2, 0.25) is 0 Å². The van der Waals surface area contributed by atoms with E-state index in [1.165, 1.54) is 19.3 Å². The van der Waals surface area contributed by atoms with Crippen LogP contribution in [0.4, 0.5) is 5.69 Å². The zero-order chi connectivity index (χ0) is 14.6. The Kier molecular flexibility index (Phi) is 8.44. The Morgan fingerprint density at radius 2 is 1.75 bits per heavy atom. The third-order valence-corrected chi connectivity index (χ3v) is 3.32. The van der Waals surface area contributed by atoms with E-state index in [4.69, 9.17) is 0 Å². The van der Waals surface area contributed by atoms with Gasteiger partial charge in [-0.15, -0.1) is 0 Å². The Bertz CT molecular complexity index is 409. The first-order chi connectivity index (χ1) is 9.77. The highest BCUT2D eigenvalue weighted by Gasteiger charge is 2.09. The molecule has 20 heavy (non-hydrogen) atoms. The highest BCUT2D eigenvalue weighted by atomic mass is 16.1. The quantitative estimate of drug-likeness (QED) is 0.478. The minimum atomic E-state index is 0.0587. The summed E-state index contributed by atoms with van der Waals surface area (Å²) in [6.45, 7) is 4.36. The first-order valence-corrected chi connectivity index (χ1v) is 7.83. The van der Waals surface area contributed by atoms with Gasteiger partial charge in [0, 0.05) is 11.3 Å². The van der Waals surface area contributed by atoms with Crippen LogP contribution in [0.15, 0.2) is 42.0 Å². The summed E-state index contributed by atoms with van der Waals surface area (Å²) in [7, 11) is 0. The van der Waals surface area contributed by atoms with Crippen molar-refractivity contribution in [1.82, 2.24) is 0 Å². The number of hydrogen-bond acceptors (Lipinski definition) is 1. The third kappa shape index (κ3) is 6.55. The molecule has 1 aromatic carbocycles. The number of rotatable bonds is 9. The van der Waals surface area contributed by atoms with E-state index < -0.39 is 0 Å². The lowest BCUT2D eigenvalue weighted by atomic mass is 10.0. The van der Waals surface area contributed by atoms with Crippen molar-refractivity contribution in [3.63, 3.8) is 0 Å². The summed E-state index contributed by atoms with van der Waals surface area (Å²) < 4.78 is 0. The van der Waals surface area contributed by atoms with Gasteiger partial charge in [-0.2, -0.15) is 0 Å². The molecule has 0 heterocycles. The van der Waals surface area contributed by atoms with Crippen LogP contribution in [0, 0.1) is 0 Å². The molecule has 2 heteroatoms. The average molecular weight is 273 g/mol. The van der Waals surface area contributed by atoms with Crippen LogP contribution in [0.3, 0.4) is 0 Å². The SMILES string of the molecule is CCCC/C=C(\CCCCC)C(=O)Nc1ccccc1. The number of para-hydroxylation sites is 1. The summed E-state index contributed by atoms with van der Waals surface area (Å²) in [5.41, 5.74) is 1.81. The molecule has 0 radical (unpaired) electrons. The number of allylic oxidation sites excluding steroid dienone is 1. The van der Waals surface area contributed by atoms with Gasteiger partial charge in [0.2, 0.25) is 0 Å². The van der Waals surface area contributed by atoms with Crippen molar-refractivity contribution in [3.05, 3.63) is 42.0 Å². The van der Waals surface area contributed by atoms with E-state index in [0.29, 0.717) is 0 Å². The molecule has 0 aliphatic rings. The predicted molar refractivity (Wildman–Crippen MR) is 86.8 cm³/mol. The Balaban J connectivity index is 2.60. The smallest absolute Gasteiger partial charge is 0.251 e. The molecule has 0 aliphatic heterocycles. The zero-order valence-electron chi connectivity index (χ0n) is 12.8. The van der Waals surface area contributed by atoms with E-state index in [1.54, 1.807) is 0 Å². The van der Waals surface area contributed by atoms with Crippen LogP contribution >= 0.6 is 0 Å². The Morgan fingerprint density at radius 1 is 1.05 bits per heavy atom. The molecule has 0 saturated heterocycles. The van der Waals surface area contributed by atoms with Crippen molar-refractivity contribution >= 4 is 11.6 Å². The second kappa shape index (κ2) is 10.2. The van der Waals surface area contributed by atoms with Crippen LogP contribution in [0.5, 0.6) is 0 Å². The molecule has 0 saturated carbocycles. The van der Waals surface area contributed by atoms with Crippen LogP contribution in [-0.4, -0.2) is 5.91 Å². The lowest BCUT2D eigenvalue weighted by molar-refractivity contribution is -0.113. The number of hydrogen-bond donors (Lipinski definition) is 1. The van der Waals surface area contributed by atoms with Crippen LogP contribution in [0.1, 0.15) is 58.8 Å². The highest BCUT2D eigenvalue weighted by Crippen LogP contribution is 2.14. The van der Waals surface area contributed by atoms with E-state index in [-0.39, 0.29) is 5.91 Å². The summed E-state index contributed by atoms with van der Waals surface area (Å²) in [6.07, 6.45) is 9.78. The molecule has 110 valence electrons. The number of carbonyl (C=O) groups excluding carboxylic acids is 1. The molecular formula is C18H27NO. The van der Waals surface area contributed by atoms with Gasteiger partial charge in [0.1, 0.15) is 0 Å². The van der Waals surface area contributed by atoms with Gasteiger partial charge in [0.25, 0.3) is 5.91 Å². The second-order valence-electron chi connectivity index (χ2n) is 5.15. The minimum Gasteiger partial charge on any atom is -0.322 e. The predicted octanol–water partition coefficient (Wildman–Crippen LogP) is 5.32. The highest BCUT2D eigenvalue weighted by molar-refractivity contribution is 6.03. The van der Waals surface area contributed by atoms with Gasteiger partial charge in [-0.05, 0) is 31.4 Å². The molecular weight excluding hydrogens is 246 g/mol. The molecule has 0 aliphatic carbocycles. The van der Waals surface area contributed by atoms with E-state index in [9.17, 15) is 4.79 Å². The van der Waals surface area contributed by atoms with E-state index in [1.807, 2.05) is 30.3 Å². The first kappa shape index (κ1) is 16.5. The molecule has 0 fully saturated rings. The van der Waals surface area contributed by atoms with Crippen molar-refractivity contribution in [2.24, 2.45) is 0 Å². The van der Waals surface area contributed by atoms with E-state index in [2.05, 4.69) is 25.2 Å². The fourth-order valence-corrected chi connectivity index (χ4v) is 2.09. The summed E-state index contributed by atoms with van der Waals surface area (Å²) >= 11 is 0. The number of benzene rings is 1. The van der Waals surface area contributed by atoms with Gasteiger partial charge < -0.3 is 5.32 Å². The number of unbranched alkanes of at least 4 members (excludes halogenated alkanes) is 4.